The summed E-state index contributed by atoms with van der Waals surface area (Å²) in [5.41, 5.74) is -0.241. The molecule has 0 amide bonds. The number of hydrogen-bond acceptors (Lipinski definition) is 4. The van der Waals surface area contributed by atoms with E-state index in [0.29, 0.717) is 18.1 Å². The average Bonchev–Trinajstić information content (AvgIpc) is 3.07. The number of halogens is 5. The van der Waals surface area contributed by atoms with E-state index < -0.39 is 17.7 Å². The van der Waals surface area contributed by atoms with E-state index in [1.807, 2.05) is 0 Å². The van der Waals surface area contributed by atoms with Gasteiger partial charge >= 0.3 is 6.18 Å². The normalized spacial score (nSPS) is 11.7. The van der Waals surface area contributed by atoms with Crippen LogP contribution in [0.3, 0.4) is 0 Å². The second-order valence-electron chi connectivity index (χ2n) is 5.10. The van der Waals surface area contributed by atoms with Crippen LogP contribution in [0.25, 0.3) is 0 Å². The van der Waals surface area contributed by atoms with Gasteiger partial charge in [-0.3, -0.25) is 4.99 Å². The van der Waals surface area contributed by atoms with Crippen molar-refractivity contribution < 1.29 is 22.3 Å². The molecule has 11 heteroatoms. The smallest absolute Gasteiger partial charge is 0.434 e. The monoisotopic (exact) mass is 518 g/mol. The fraction of sp³-hybridized carbons (Fsp3) is 0.375. The Hall–Kier alpha value is -1.63. The molecule has 1 heterocycles. The van der Waals surface area contributed by atoms with E-state index in [2.05, 4.69) is 20.6 Å². The molecule has 2 N–H and O–H groups in total. The molecule has 0 aliphatic carbocycles. The van der Waals surface area contributed by atoms with Crippen molar-refractivity contribution in [3.8, 4) is 5.75 Å². The molecular weight excluding hydrogens is 499 g/mol. The minimum atomic E-state index is -4.45. The van der Waals surface area contributed by atoms with Gasteiger partial charge in [-0.1, -0.05) is 6.07 Å². The highest BCUT2D eigenvalue weighted by Gasteiger charge is 2.33. The van der Waals surface area contributed by atoms with Crippen molar-refractivity contribution in [1.82, 2.24) is 15.6 Å². The number of guanidine groups is 1. The van der Waals surface area contributed by atoms with Crippen LogP contribution >= 0.6 is 35.3 Å². The van der Waals surface area contributed by atoms with Gasteiger partial charge < -0.3 is 15.4 Å². The van der Waals surface area contributed by atoms with Crippen molar-refractivity contribution in [3.05, 3.63) is 45.7 Å². The van der Waals surface area contributed by atoms with Crippen LogP contribution in [-0.4, -0.2) is 24.6 Å². The van der Waals surface area contributed by atoms with Crippen molar-refractivity contribution in [2.75, 3.05) is 13.7 Å². The van der Waals surface area contributed by atoms with Gasteiger partial charge in [0.05, 0.1) is 13.2 Å². The van der Waals surface area contributed by atoms with Crippen LogP contribution in [0.5, 0.6) is 5.75 Å². The van der Waals surface area contributed by atoms with E-state index in [1.54, 1.807) is 19.1 Å². The third-order valence-corrected chi connectivity index (χ3v) is 4.08. The molecule has 0 aliphatic rings. The Kier molecular flexibility index (Phi) is 9.22. The molecule has 2 rings (SSSR count). The lowest BCUT2D eigenvalue weighted by Crippen LogP contribution is -2.36. The Morgan fingerprint density at radius 2 is 1.96 bits per heavy atom. The lowest BCUT2D eigenvalue weighted by atomic mass is 10.2. The Balaban J connectivity index is 0.00000364. The number of aliphatic imine (C=N–C) groups is 1. The number of ether oxygens (including phenoxy) is 1. The van der Waals surface area contributed by atoms with Gasteiger partial charge in [-0.2, -0.15) is 13.2 Å². The molecule has 0 saturated carbocycles. The molecule has 0 atom stereocenters. The molecule has 0 saturated heterocycles. The SMILES string of the molecule is CCOc1ccc(CNC(=NC)NCc2nc(C(F)(F)F)cs2)cc1F.I. The maximum atomic E-state index is 13.8. The minimum Gasteiger partial charge on any atom is -0.491 e. The highest BCUT2D eigenvalue weighted by Crippen LogP contribution is 2.29. The van der Waals surface area contributed by atoms with Gasteiger partial charge in [0.15, 0.2) is 23.2 Å². The van der Waals surface area contributed by atoms with E-state index in [4.69, 9.17) is 4.74 Å². The van der Waals surface area contributed by atoms with Crippen LogP contribution in [0.1, 0.15) is 23.2 Å². The van der Waals surface area contributed by atoms with Gasteiger partial charge in [-0.25, -0.2) is 9.37 Å². The van der Waals surface area contributed by atoms with E-state index in [1.165, 1.54) is 13.1 Å². The van der Waals surface area contributed by atoms with Gasteiger partial charge in [-0.15, -0.1) is 35.3 Å². The Morgan fingerprint density at radius 3 is 2.52 bits per heavy atom. The fourth-order valence-electron chi connectivity index (χ4n) is 2.01. The second-order valence-corrected chi connectivity index (χ2v) is 6.04. The molecule has 0 fully saturated rings. The summed E-state index contributed by atoms with van der Waals surface area (Å²) in [5, 5.41) is 7.08. The molecule has 0 unspecified atom stereocenters. The first-order valence-electron chi connectivity index (χ1n) is 7.70. The minimum absolute atomic E-state index is 0. The van der Waals surface area contributed by atoms with Crippen LogP contribution < -0.4 is 15.4 Å². The zero-order valence-corrected chi connectivity index (χ0v) is 17.7. The van der Waals surface area contributed by atoms with E-state index in [9.17, 15) is 17.6 Å². The third-order valence-electron chi connectivity index (χ3n) is 3.23. The zero-order chi connectivity index (χ0) is 19.2. The lowest BCUT2D eigenvalue weighted by molar-refractivity contribution is -0.140. The summed E-state index contributed by atoms with van der Waals surface area (Å²) in [6, 6.07) is 4.60. The van der Waals surface area contributed by atoms with Crippen LogP contribution in [0.4, 0.5) is 17.6 Å². The van der Waals surface area contributed by atoms with Gasteiger partial charge in [0.2, 0.25) is 0 Å². The molecule has 27 heavy (non-hydrogen) atoms. The standard InChI is InChI=1S/C16H18F4N4OS.HI/c1-3-25-12-5-4-10(6-11(12)17)7-22-15(21-2)23-8-14-24-13(9-26-14)16(18,19)20;/h4-6,9H,3,7-8H2,1-2H3,(H2,21,22,23);1H. The highest BCUT2D eigenvalue weighted by molar-refractivity contribution is 14.0. The first kappa shape index (κ1) is 23.4. The van der Waals surface area contributed by atoms with E-state index in [-0.39, 0.29) is 47.8 Å². The fourth-order valence-corrected chi connectivity index (χ4v) is 2.76. The molecule has 0 spiro atoms. The summed E-state index contributed by atoms with van der Waals surface area (Å²) >= 11 is 0.912. The lowest BCUT2D eigenvalue weighted by Gasteiger charge is -2.12. The first-order chi connectivity index (χ1) is 12.3. The van der Waals surface area contributed by atoms with Gasteiger partial charge in [-0.05, 0) is 24.6 Å². The number of alkyl halides is 3. The van der Waals surface area contributed by atoms with E-state index in [0.717, 1.165) is 16.7 Å². The van der Waals surface area contributed by atoms with Crippen LogP contribution in [0.15, 0.2) is 28.6 Å². The zero-order valence-electron chi connectivity index (χ0n) is 14.6. The number of nitrogens with zero attached hydrogens (tertiary/aromatic N) is 2. The maximum absolute atomic E-state index is 13.8. The molecule has 5 nitrogen and oxygen atoms in total. The predicted molar refractivity (Wildman–Crippen MR) is 107 cm³/mol. The van der Waals surface area contributed by atoms with Crippen molar-refractivity contribution >= 4 is 41.3 Å². The number of hydrogen-bond donors (Lipinski definition) is 2. The number of nitrogens with one attached hydrogen (secondary N) is 2. The topological polar surface area (TPSA) is 58.5 Å². The Morgan fingerprint density at radius 1 is 1.26 bits per heavy atom. The van der Waals surface area contributed by atoms with Gasteiger partial charge in [0.1, 0.15) is 5.01 Å². The van der Waals surface area contributed by atoms with E-state index >= 15 is 0 Å². The molecule has 1 aromatic carbocycles. The second kappa shape index (κ2) is 10.6. The van der Waals surface area contributed by atoms with Gasteiger partial charge in [0, 0.05) is 19.0 Å². The summed E-state index contributed by atoms with van der Waals surface area (Å²) in [6.45, 7) is 2.52. The summed E-state index contributed by atoms with van der Waals surface area (Å²) in [7, 11) is 1.52. The number of benzene rings is 1. The summed E-state index contributed by atoms with van der Waals surface area (Å²) in [4.78, 5) is 7.50. The largest absolute Gasteiger partial charge is 0.491 e. The molecule has 0 bridgehead atoms. The summed E-state index contributed by atoms with van der Waals surface area (Å²) in [5.74, 6) is 0.0857. The van der Waals surface area contributed by atoms with Crippen molar-refractivity contribution in [3.63, 3.8) is 0 Å². The summed E-state index contributed by atoms with van der Waals surface area (Å²) in [6.07, 6.45) is -4.45. The number of thiazole rings is 1. The van der Waals surface area contributed by atoms with Crippen LogP contribution in [0, 0.1) is 5.82 Å². The number of aromatic nitrogens is 1. The molecule has 0 aliphatic heterocycles. The molecular formula is C16H19F4IN4OS. The quantitative estimate of drug-likeness (QED) is 0.261. The highest BCUT2D eigenvalue weighted by atomic mass is 127. The third kappa shape index (κ3) is 7.13. The molecule has 0 radical (unpaired) electrons. The number of rotatable bonds is 6. The van der Waals surface area contributed by atoms with Crippen molar-refractivity contribution in [1.29, 1.82) is 0 Å². The average molecular weight is 518 g/mol. The van der Waals surface area contributed by atoms with Crippen molar-refractivity contribution in [2.45, 2.75) is 26.2 Å². The molecule has 2 aromatic rings. The Bertz CT molecular complexity index is 767. The molecule has 1 aromatic heterocycles. The predicted octanol–water partition coefficient (Wildman–Crippen LogP) is 4.18. The molecule has 150 valence electrons. The first-order valence-corrected chi connectivity index (χ1v) is 8.58. The summed E-state index contributed by atoms with van der Waals surface area (Å²) < 4.78 is 56.5. The van der Waals surface area contributed by atoms with Gasteiger partial charge in [0.25, 0.3) is 0 Å². The van der Waals surface area contributed by atoms with Crippen LogP contribution in [-0.2, 0) is 19.3 Å². The Labute approximate surface area is 175 Å². The van der Waals surface area contributed by atoms with Crippen molar-refractivity contribution in [2.24, 2.45) is 4.99 Å². The van der Waals surface area contributed by atoms with Crippen LogP contribution in [0.2, 0.25) is 0 Å². The maximum Gasteiger partial charge on any atom is 0.434 e.